The molecule has 0 aliphatic carbocycles. The van der Waals surface area contributed by atoms with E-state index in [1.165, 1.54) is 0 Å². The molecule has 0 aliphatic heterocycles. The first-order chi connectivity index (χ1) is 24.6. The number of methoxy groups -OCH3 is 1. The quantitative estimate of drug-likeness (QED) is 0.0531. The molecule has 0 fully saturated rings. The first kappa shape index (κ1) is 39.6. The zero-order valence-electron chi connectivity index (χ0n) is 31.2. The minimum absolute atomic E-state index is 0.154. The molecule has 276 valence electrons. The number of ether oxygens (including phenoxy) is 5. The zero-order chi connectivity index (χ0) is 37.9. The fourth-order valence-electron chi connectivity index (χ4n) is 5.45. The monoisotopic (exact) mass is 710 g/mol. The van der Waals surface area contributed by atoms with Crippen LogP contribution in [0.15, 0.2) is 97.1 Å². The fraction of sp³-hybridized carbons (Fsp3) is 0.372. The molecule has 0 aliphatic rings. The van der Waals surface area contributed by atoms with Crippen LogP contribution in [0.25, 0.3) is 0 Å². The number of carbonyl (C=O) groups excluding carboxylic acids is 3. The molecule has 0 unspecified atom stereocenters. The van der Waals surface area contributed by atoms with Gasteiger partial charge in [-0.2, -0.15) is 0 Å². The molecule has 0 bridgehead atoms. The summed E-state index contributed by atoms with van der Waals surface area (Å²) in [5.41, 5.74) is 0.0278. The first-order valence-corrected chi connectivity index (χ1v) is 17.5. The number of carbonyl (C=O) groups is 3. The second kappa shape index (κ2) is 17.4. The number of aliphatic hydroxyl groups is 1. The number of benzene rings is 4. The molecule has 0 aromatic heterocycles. The normalized spacial score (nSPS) is 11.8. The smallest absolute Gasteiger partial charge is 0.306 e. The van der Waals surface area contributed by atoms with Gasteiger partial charge in [0.15, 0.2) is 5.78 Å². The molecule has 52 heavy (non-hydrogen) atoms. The molecule has 0 saturated heterocycles. The van der Waals surface area contributed by atoms with E-state index in [9.17, 15) is 19.5 Å². The van der Waals surface area contributed by atoms with E-state index in [4.69, 9.17) is 23.7 Å². The van der Waals surface area contributed by atoms with Crippen molar-refractivity contribution in [2.75, 3.05) is 20.3 Å². The highest BCUT2D eigenvalue weighted by Gasteiger charge is 2.34. The maximum absolute atomic E-state index is 13.3. The van der Waals surface area contributed by atoms with Crippen LogP contribution < -0.4 is 14.2 Å². The Kier molecular flexibility index (Phi) is 13.2. The van der Waals surface area contributed by atoms with Crippen LogP contribution >= 0.6 is 0 Å². The van der Waals surface area contributed by atoms with Crippen LogP contribution in [0.2, 0.25) is 0 Å². The minimum Gasteiger partial charge on any atom is -0.497 e. The van der Waals surface area contributed by atoms with Gasteiger partial charge in [0.2, 0.25) is 0 Å². The third-order valence-electron chi connectivity index (χ3n) is 7.89. The van der Waals surface area contributed by atoms with Crippen LogP contribution in [0.4, 0.5) is 0 Å². The van der Waals surface area contributed by atoms with Gasteiger partial charge in [0.1, 0.15) is 34.1 Å². The third kappa shape index (κ3) is 11.4. The number of hydrogen-bond acceptors (Lipinski definition) is 9. The lowest BCUT2D eigenvalue weighted by Gasteiger charge is -2.30. The standard InChI is InChI=1S/C43H50O9/c1-41(2,3)51-38(44)10-8-28-49-36-24-18-33(19-25-36)43(47,32-16-12-30(13-17-32)40(46)31-14-22-35(48-7)23-15-31)34-20-26-37(27-21-34)50-29-9-11-39(45)52-42(4,5)6/h12-27,47H,8-11,28-29H2,1-7H3. The van der Waals surface area contributed by atoms with E-state index in [0.29, 0.717) is 71.1 Å². The van der Waals surface area contributed by atoms with Crippen molar-refractivity contribution in [3.63, 3.8) is 0 Å². The Labute approximate surface area is 306 Å². The van der Waals surface area contributed by atoms with Crippen molar-refractivity contribution in [2.45, 2.75) is 84.0 Å². The predicted molar refractivity (Wildman–Crippen MR) is 199 cm³/mol. The van der Waals surface area contributed by atoms with Crippen LogP contribution in [0.1, 0.15) is 99.8 Å². The summed E-state index contributed by atoms with van der Waals surface area (Å²) >= 11 is 0. The SMILES string of the molecule is COc1ccc(C(=O)c2ccc(C(O)(c3ccc(OCCCC(=O)OC(C)(C)C)cc3)c3ccc(OCCCC(=O)OC(C)(C)C)cc3)cc2)cc1. The Hall–Kier alpha value is -5.15. The summed E-state index contributed by atoms with van der Waals surface area (Å²) in [6.45, 7) is 11.7. The van der Waals surface area contributed by atoms with E-state index in [0.717, 1.165) is 0 Å². The molecule has 0 radical (unpaired) electrons. The van der Waals surface area contributed by atoms with E-state index in [-0.39, 0.29) is 30.6 Å². The van der Waals surface area contributed by atoms with Crippen LogP contribution in [0, 0.1) is 0 Å². The molecule has 0 atom stereocenters. The highest BCUT2D eigenvalue weighted by Crippen LogP contribution is 2.38. The van der Waals surface area contributed by atoms with Gasteiger partial charge in [0.05, 0.1) is 20.3 Å². The minimum atomic E-state index is -1.60. The van der Waals surface area contributed by atoms with Gasteiger partial charge in [-0.05, 0) is 120 Å². The average molecular weight is 711 g/mol. The van der Waals surface area contributed by atoms with Crippen molar-refractivity contribution >= 4 is 17.7 Å². The summed E-state index contributed by atoms with van der Waals surface area (Å²) < 4.78 is 27.7. The van der Waals surface area contributed by atoms with Crippen LogP contribution in [0.3, 0.4) is 0 Å². The van der Waals surface area contributed by atoms with Crippen LogP contribution in [-0.2, 0) is 24.7 Å². The molecule has 0 saturated carbocycles. The molecule has 0 amide bonds. The molecule has 4 aromatic carbocycles. The van der Waals surface area contributed by atoms with Gasteiger partial charge in [-0.1, -0.05) is 48.5 Å². The Morgan fingerprint density at radius 2 is 0.846 bits per heavy atom. The van der Waals surface area contributed by atoms with Gasteiger partial charge < -0.3 is 28.8 Å². The zero-order valence-corrected chi connectivity index (χ0v) is 31.2. The summed E-state index contributed by atoms with van der Waals surface area (Å²) in [5.74, 6) is 1.14. The predicted octanol–water partition coefficient (Wildman–Crippen LogP) is 8.21. The Balaban J connectivity index is 1.52. The average Bonchev–Trinajstić information content (AvgIpc) is 3.10. The summed E-state index contributed by atoms with van der Waals surface area (Å²) in [4.78, 5) is 37.3. The highest BCUT2D eigenvalue weighted by molar-refractivity contribution is 6.09. The van der Waals surface area contributed by atoms with Crippen molar-refractivity contribution in [3.05, 3.63) is 125 Å². The number of rotatable bonds is 16. The summed E-state index contributed by atoms with van der Waals surface area (Å²) in [7, 11) is 1.57. The molecular weight excluding hydrogens is 660 g/mol. The van der Waals surface area contributed by atoms with Gasteiger partial charge in [0, 0.05) is 24.0 Å². The lowest BCUT2D eigenvalue weighted by atomic mass is 9.80. The molecule has 9 nitrogen and oxygen atoms in total. The number of hydrogen-bond donors (Lipinski definition) is 1. The number of ketones is 1. The van der Waals surface area contributed by atoms with E-state index in [1.54, 1.807) is 104 Å². The molecule has 1 N–H and O–H groups in total. The number of esters is 2. The molecule has 0 heterocycles. The van der Waals surface area contributed by atoms with Gasteiger partial charge in [0.25, 0.3) is 0 Å². The van der Waals surface area contributed by atoms with Crippen molar-refractivity contribution in [1.82, 2.24) is 0 Å². The molecular formula is C43H50O9. The Morgan fingerprint density at radius 1 is 0.519 bits per heavy atom. The topological polar surface area (TPSA) is 118 Å². The van der Waals surface area contributed by atoms with Crippen molar-refractivity contribution in [1.29, 1.82) is 0 Å². The van der Waals surface area contributed by atoms with Crippen molar-refractivity contribution in [2.24, 2.45) is 0 Å². The van der Waals surface area contributed by atoms with Gasteiger partial charge >= 0.3 is 11.9 Å². The van der Waals surface area contributed by atoms with Gasteiger partial charge in [-0.15, -0.1) is 0 Å². The van der Waals surface area contributed by atoms with Gasteiger partial charge in [-0.25, -0.2) is 0 Å². The summed E-state index contributed by atoms with van der Waals surface area (Å²) in [6.07, 6.45) is 1.49. The second-order valence-electron chi connectivity index (χ2n) is 14.5. The summed E-state index contributed by atoms with van der Waals surface area (Å²) in [6, 6.07) is 28.1. The molecule has 0 spiro atoms. The maximum atomic E-state index is 13.3. The Bertz CT molecular complexity index is 1680. The highest BCUT2D eigenvalue weighted by atomic mass is 16.6. The lowest BCUT2D eigenvalue weighted by Crippen LogP contribution is -2.29. The van der Waals surface area contributed by atoms with E-state index in [2.05, 4.69) is 0 Å². The third-order valence-corrected chi connectivity index (χ3v) is 7.89. The Morgan fingerprint density at radius 3 is 1.19 bits per heavy atom. The van der Waals surface area contributed by atoms with E-state index < -0.39 is 16.8 Å². The van der Waals surface area contributed by atoms with Crippen molar-refractivity contribution < 1.29 is 43.2 Å². The first-order valence-electron chi connectivity index (χ1n) is 17.5. The largest absolute Gasteiger partial charge is 0.497 e. The van der Waals surface area contributed by atoms with E-state index in [1.807, 2.05) is 41.5 Å². The fourth-order valence-corrected chi connectivity index (χ4v) is 5.45. The molecule has 9 heteroatoms. The van der Waals surface area contributed by atoms with Gasteiger partial charge in [-0.3, -0.25) is 14.4 Å². The van der Waals surface area contributed by atoms with Crippen LogP contribution in [-0.4, -0.2) is 54.4 Å². The molecule has 4 aromatic rings. The second-order valence-corrected chi connectivity index (χ2v) is 14.5. The lowest BCUT2D eigenvalue weighted by molar-refractivity contribution is -0.156. The molecule has 4 rings (SSSR count). The van der Waals surface area contributed by atoms with Crippen molar-refractivity contribution in [3.8, 4) is 17.2 Å². The van der Waals surface area contributed by atoms with Crippen LogP contribution in [0.5, 0.6) is 17.2 Å². The van der Waals surface area contributed by atoms with E-state index >= 15 is 0 Å². The maximum Gasteiger partial charge on any atom is 0.306 e. The summed E-state index contributed by atoms with van der Waals surface area (Å²) in [5, 5.41) is 12.6.